The van der Waals surface area contributed by atoms with E-state index in [4.69, 9.17) is 9.84 Å². The van der Waals surface area contributed by atoms with Gasteiger partial charge < -0.3 is 9.84 Å². The molecule has 0 aliphatic heterocycles. The quantitative estimate of drug-likeness (QED) is 0.669. The third kappa shape index (κ3) is 1.03. The van der Waals surface area contributed by atoms with Crippen LogP contribution in [0.2, 0.25) is 0 Å². The molecule has 0 radical (unpaired) electrons. The molecule has 64 valence electrons. The van der Waals surface area contributed by atoms with Gasteiger partial charge >= 0.3 is 5.97 Å². The highest BCUT2D eigenvalue weighted by Crippen LogP contribution is 2.63. The normalized spacial score (nSPS) is 33.4. The number of carboxylic acid groups (broad SMARTS) is 1. The Morgan fingerprint density at radius 1 is 1.64 bits per heavy atom. The van der Waals surface area contributed by atoms with Gasteiger partial charge in [0.25, 0.3) is 0 Å². The zero-order valence-electron chi connectivity index (χ0n) is 7.18. The Kier molecular flexibility index (Phi) is 1.71. The Morgan fingerprint density at radius 2 is 2.09 bits per heavy atom. The Morgan fingerprint density at radius 3 is 2.18 bits per heavy atom. The van der Waals surface area contributed by atoms with E-state index in [0.29, 0.717) is 6.61 Å². The van der Waals surface area contributed by atoms with E-state index in [2.05, 4.69) is 0 Å². The van der Waals surface area contributed by atoms with Crippen LogP contribution in [0.25, 0.3) is 0 Å². The lowest BCUT2D eigenvalue weighted by Gasteiger charge is -2.13. The molecule has 1 atom stereocenters. The lowest BCUT2D eigenvalue weighted by atomic mass is 9.97. The summed E-state index contributed by atoms with van der Waals surface area (Å²) < 4.78 is 4.89. The van der Waals surface area contributed by atoms with E-state index in [-0.39, 0.29) is 5.41 Å². The predicted octanol–water partition coefficient (Wildman–Crippen LogP) is 1.13. The smallest absolute Gasteiger partial charge is 0.312 e. The molecule has 0 amide bonds. The predicted molar refractivity (Wildman–Crippen MR) is 40.3 cm³/mol. The molecule has 3 heteroatoms. The molecular formula is C8H14O3. The first-order valence-electron chi connectivity index (χ1n) is 3.69. The summed E-state index contributed by atoms with van der Waals surface area (Å²) in [4.78, 5) is 10.8. The Hall–Kier alpha value is -0.570. The average Bonchev–Trinajstić information content (AvgIpc) is 2.36. The molecule has 1 saturated carbocycles. The van der Waals surface area contributed by atoms with Crippen molar-refractivity contribution in [3.8, 4) is 0 Å². The highest BCUT2D eigenvalue weighted by molar-refractivity contribution is 5.80. The topological polar surface area (TPSA) is 46.5 Å². The van der Waals surface area contributed by atoms with E-state index in [0.717, 1.165) is 6.42 Å². The molecular weight excluding hydrogens is 144 g/mol. The van der Waals surface area contributed by atoms with Crippen molar-refractivity contribution in [1.29, 1.82) is 0 Å². The van der Waals surface area contributed by atoms with Crippen molar-refractivity contribution in [3.05, 3.63) is 0 Å². The van der Waals surface area contributed by atoms with Crippen molar-refractivity contribution in [1.82, 2.24) is 0 Å². The van der Waals surface area contributed by atoms with Gasteiger partial charge in [0, 0.05) is 7.11 Å². The molecule has 11 heavy (non-hydrogen) atoms. The van der Waals surface area contributed by atoms with Crippen molar-refractivity contribution < 1.29 is 14.6 Å². The Labute approximate surface area is 66.4 Å². The Bertz CT molecular complexity index is 186. The van der Waals surface area contributed by atoms with Crippen molar-refractivity contribution in [2.45, 2.75) is 20.3 Å². The second-order valence-corrected chi connectivity index (χ2v) is 3.88. The largest absolute Gasteiger partial charge is 0.481 e. The van der Waals surface area contributed by atoms with Crippen LogP contribution in [0.3, 0.4) is 0 Å². The zero-order valence-corrected chi connectivity index (χ0v) is 7.18. The first-order chi connectivity index (χ1) is 4.96. The summed E-state index contributed by atoms with van der Waals surface area (Å²) >= 11 is 0. The lowest BCUT2D eigenvalue weighted by molar-refractivity contribution is -0.147. The van der Waals surface area contributed by atoms with Crippen LogP contribution in [-0.2, 0) is 9.53 Å². The molecule has 0 spiro atoms. The standard InChI is InChI=1S/C8H14O3/c1-7(2)4-8(7,5-11-3)6(9)10/h4-5H2,1-3H3,(H,9,10). The number of hydrogen-bond donors (Lipinski definition) is 1. The molecule has 0 aromatic rings. The molecule has 3 nitrogen and oxygen atoms in total. The van der Waals surface area contributed by atoms with E-state index in [1.54, 1.807) is 7.11 Å². The minimum absolute atomic E-state index is 0.0884. The molecule has 0 aromatic heterocycles. The first-order valence-corrected chi connectivity index (χ1v) is 3.69. The highest BCUT2D eigenvalue weighted by Gasteiger charge is 2.66. The maximum absolute atomic E-state index is 10.8. The van der Waals surface area contributed by atoms with E-state index >= 15 is 0 Å². The number of ether oxygens (including phenoxy) is 1. The lowest BCUT2D eigenvalue weighted by Crippen LogP contribution is -2.25. The van der Waals surface area contributed by atoms with Gasteiger partial charge in [-0.3, -0.25) is 4.79 Å². The molecule has 1 aliphatic carbocycles. The summed E-state index contributed by atoms with van der Waals surface area (Å²) in [5, 5.41) is 8.89. The van der Waals surface area contributed by atoms with Crippen molar-refractivity contribution in [2.75, 3.05) is 13.7 Å². The van der Waals surface area contributed by atoms with Gasteiger partial charge in [0.05, 0.1) is 12.0 Å². The fourth-order valence-corrected chi connectivity index (χ4v) is 1.63. The zero-order chi connectivity index (χ0) is 8.70. The van der Waals surface area contributed by atoms with Gasteiger partial charge in [0.15, 0.2) is 0 Å². The molecule has 1 unspecified atom stereocenters. The number of rotatable bonds is 3. The number of aliphatic carboxylic acids is 1. The van der Waals surface area contributed by atoms with Crippen LogP contribution in [0.5, 0.6) is 0 Å². The maximum Gasteiger partial charge on any atom is 0.312 e. The maximum atomic E-state index is 10.8. The van der Waals surface area contributed by atoms with E-state index in [9.17, 15) is 4.79 Å². The van der Waals surface area contributed by atoms with Gasteiger partial charge in [-0.25, -0.2) is 0 Å². The van der Waals surface area contributed by atoms with E-state index < -0.39 is 11.4 Å². The van der Waals surface area contributed by atoms with Gasteiger partial charge in [-0.1, -0.05) is 13.8 Å². The highest BCUT2D eigenvalue weighted by atomic mass is 16.5. The third-order valence-electron chi connectivity index (χ3n) is 2.71. The molecule has 1 rings (SSSR count). The molecule has 0 heterocycles. The third-order valence-corrected chi connectivity index (χ3v) is 2.71. The van der Waals surface area contributed by atoms with Crippen LogP contribution in [0.15, 0.2) is 0 Å². The van der Waals surface area contributed by atoms with E-state index in [1.807, 2.05) is 13.8 Å². The second kappa shape index (κ2) is 2.21. The summed E-state index contributed by atoms with van der Waals surface area (Å²) in [5.74, 6) is -0.732. The number of methoxy groups -OCH3 is 1. The SMILES string of the molecule is COCC1(C(=O)O)CC1(C)C. The van der Waals surface area contributed by atoms with Crippen LogP contribution >= 0.6 is 0 Å². The fourth-order valence-electron chi connectivity index (χ4n) is 1.63. The van der Waals surface area contributed by atoms with Crippen molar-refractivity contribution in [3.63, 3.8) is 0 Å². The molecule has 1 aliphatic rings. The molecule has 0 saturated heterocycles. The average molecular weight is 158 g/mol. The van der Waals surface area contributed by atoms with Gasteiger partial charge in [0.1, 0.15) is 0 Å². The molecule has 0 bridgehead atoms. The Balaban J connectivity index is 2.71. The number of carboxylic acids is 1. The van der Waals surface area contributed by atoms with Gasteiger partial charge in [0.2, 0.25) is 0 Å². The number of carbonyl (C=O) groups is 1. The van der Waals surface area contributed by atoms with Crippen LogP contribution in [0.1, 0.15) is 20.3 Å². The summed E-state index contributed by atoms with van der Waals surface area (Å²) in [7, 11) is 1.54. The second-order valence-electron chi connectivity index (χ2n) is 3.88. The molecule has 1 fully saturated rings. The summed E-state index contributed by atoms with van der Waals surface area (Å²) in [6.45, 7) is 4.25. The van der Waals surface area contributed by atoms with Crippen LogP contribution in [-0.4, -0.2) is 24.8 Å². The minimum atomic E-state index is -0.732. The van der Waals surface area contributed by atoms with Crippen LogP contribution < -0.4 is 0 Å². The van der Waals surface area contributed by atoms with Crippen molar-refractivity contribution >= 4 is 5.97 Å². The molecule has 1 N–H and O–H groups in total. The van der Waals surface area contributed by atoms with Crippen molar-refractivity contribution in [2.24, 2.45) is 10.8 Å². The minimum Gasteiger partial charge on any atom is -0.481 e. The van der Waals surface area contributed by atoms with Crippen LogP contribution in [0, 0.1) is 10.8 Å². The summed E-state index contributed by atoms with van der Waals surface area (Å²) in [5.41, 5.74) is -0.698. The summed E-state index contributed by atoms with van der Waals surface area (Å²) in [6.07, 6.45) is 0.725. The summed E-state index contributed by atoms with van der Waals surface area (Å²) in [6, 6.07) is 0. The van der Waals surface area contributed by atoms with Gasteiger partial charge in [-0.2, -0.15) is 0 Å². The van der Waals surface area contributed by atoms with E-state index in [1.165, 1.54) is 0 Å². The monoisotopic (exact) mass is 158 g/mol. The fraction of sp³-hybridized carbons (Fsp3) is 0.875. The first kappa shape index (κ1) is 8.53. The van der Waals surface area contributed by atoms with Crippen LogP contribution in [0.4, 0.5) is 0 Å². The van der Waals surface area contributed by atoms with Gasteiger partial charge in [-0.15, -0.1) is 0 Å². The van der Waals surface area contributed by atoms with Gasteiger partial charge in [-0.05, 0) is 11.8 Å². The molecule has 0 aromatic carbocycles. The number of hydrogen-bond acceptors (Lipinski definition) is 2.